The summed E-state index contributed by atoms with van der Waals surface area (Å²) < 4.78 is 0. The van der Waals surface area contributed by atoms with E-state index in [1.54, 1.807) is 14.0 Å². The first kappa shape index (κ1) is 13.1. The summed E-state index contributed by atoms with van der Waals surface area (Å²) in [6.45, 7) is 3.94. The maximum Gasteiger partial charge on any atom is 0.224 e. The summed E-state index contributed by atoms with van der Waals surface area (Å²) in [5.41, 5.74) is 0. The largest absolute Gasteiger partial charge is 0.356 e. The molecule has 0 saturated heterocycles. The van der Waals surface area contributed by atoms with E-state index in [4.69, 9.17) is 0 Å². The number of amides is 2. The molecule has 0 aromatic carbocycles. The summed E-state index contributed by atoms with van der Waals surface area (Å²) in [4.78, 5) is 27.9. The van der Waals surface area contributed by atoms with Crippen LogP contribution in [0.25, 0.3) is 0 Å². The first-order chi connectivity index (χ1) is 7.99. The molecule has 94 valence electrons. The molecule has 0 unspecified atom stereocenters. The molecular weight excluding hydrogens is 222 g/mol. The Kier molecular flexibility index (Phi) is 4.62. The number of rotatable bonds is 5. The van der Waals surface area contributed by atoms with E-state index in [1.165, 1.54) is 11.8 Å². The maximum absolute atomic E-state index is 11.6. The molecule has 1 aromatic rings. The van der Waals surface area contributed by atoms with E-state index < -0.39 is 0 Å². The Morgan fingerprint density at radius 2 is 2.18 bits per heavy atom. The monoisotopic (exact) mass is 239 g/mol. The number of aromatic nitrogens is 3. The van der Waals surface area contributed by atoms with Crippen LogP contribution in [0.2, 0.25) is 0 Å². The Balaban J connectivity index is 2.34. The number of nitrogens with one attached hydrogen (secondary N) is 2. The Bertz CT molecular complexity index is 401. The van der Waals surface area contributed by atoms with Crippen LogP contribution in [-0.4, -0.2) is 45.5 Å². The Labute approximate surface area is 99.6 Å². The fourth-order valence-corrected chi connectivity index (χ4v) is 1.30. The van der Waals surface area contributed by atoms with Crippen molar-refractivity contribution in [3.63, 3.8) is 0 Å². The predicted octanol–water partition coefficient (Wildman–Crippen LogP) is -0.402. The molecule has 17 heavy (non-hydrogen) atoms. The minimum absolute atomic E-state index is 0.0544. The number of hydrogen-bond donors (Lipinski definition) is 2. The summed E-state index contributed by atoms with van der Waals surface area (Å²) in [6, 6.07) is 0. The molecule has 0 aliphatic heterocycles. The number of aryl methyl sites for hydroxylation is 1. The first-order valence-corrected chi connectivity index (χ1v) is 5.35. The van der Waals surface area contributed by atoms with Crippen molar-refractivity contribution in [1.82, 2.24) is 25.4 Å². The highest BCUT2D eigenvalue weighted by Gasteiger charge is 2.11. The average Bonchev–Trinajstić information content (AvgIpc) is 2.63. The average molecular weight is 239 g/mol. The van der Waals surface area contributed by atoms with E-state index >= 15 is 0 Å². The number of carbonyl (C=O) groups excluding carboxylic acids is 2. The third-order valence-corrected chi connectivity index (χ3v) is 2.16. The van der Waals surface area contributed by atoms with Crippen molar-refractivity contribution in [2.45, 2.75) is 26.8 Å². The quantitative estimate of drug-likeness (QED) is 0.731. The Morgan fingerprint density at radius 3 is 2.71 bits per heavy atom. The second-order valence-electron chi connectivity index (χ2n) is 3.82. The highest BCUT2D eigenvalue weighted by molar-refractivity contribution is 5.77. The van der Waals surface area contributed by atoms with Crippen LogP contribution >= 0.6 is 0 Å². The number of nitrogens with zero attached hydrogens (tertiary/aromatic N) is 3. The van der Waals surface area contributed by atoms with Crippen LogP contribution in [0.15, 0.2) is 0 Å². The SMILES string of the molecule is CC(=O)NCCC(=O)N(C)Cc1n[nH]c(C)n1. The van der Waals surface area contributed by atoms with Gasteiger partial charge in [-0.25, -0.2) is 4.98 Å². The number of hydrogen-bond acceptors (Lipinski definition) is 4. The molecule has 0 bridgehead atoms. The summed E-state index contributed by atoms with van der Waals surface area (Å²) in [5, 5.41) is 9.24. The van der Waals surface area contributed by atoms with E-state index in [-0.39, 0.29) is 18.2 Å². The fourth-order valence-electron chi connectivity index (χ4n) is 1.30. The van der Waals surface area contributed by atoms with Gasteiger partial charge in [-0.05, 0) is 6.92 Å². The van der Waals surface area contributed by atoms with Crippen molar-refractivity contribution in [2.75, 3.05) is 13.6 Å². The van der Waals surface area contributed by atoms with E-state index in [1.807, 2.05) is 0 Å². The van der Waals surface area contributed by atoms with Crippen molar-refractivity contribution in [2.24, 2.45) is 0 Å². The van der Waals surface area contributed by atoms with Crippen LogP contribution in [-0.2, 0) is 16.1 Å². The first-order valence-electron chi connectivity index (χ1n) is 5.35. The van der Waals surface area contributed by atoms with Gasteiger partial charge in [0.2, 0.25) is 11.8 Å². The van der Waals surface area contributed by atoms with Gasteiger partial charge in [-0.15, -0.1) is 0 Å². The molecule has 0 aliphatic rings. The third kappa shape index (κ3) is 4.62. The lowest BCUT2D eigenvalue weighted by atomic mass is 10.3. The normalized spacial score (nSPS) is 10.1. The van der Waals surface area contributed by atoms with Gasteiger partial charge < -0.3 is 10.2 Å². The van der Waals surface area contributed by atoms with Gasteiger partial charge in [0, 0.05) is 26.9 Å². The van der Waals surface area contributed by atoms with Crippen molar-refractivity contribution >= 4 is 11.8 Å². The smallest absolute Gasteiger partial charge is 0.224 e. The van der Waals surface area contributed by atoms with Gasteiger partial charge in [0.25, 0.3) is 0 Å². The molecule has 0 fully saturated rings. The molecule has 0 radical (unpaired) electrons. The zero-order valence-corrected chi connectivity index (χ0v) is 10.3. The molecule has 0 spiro atoms. The van der Waals surface area contributed by atoms with Gasteiger partial charge in [0.05, 0.1) is 6.54 Å². The van der Waals surface area contributed by atoms with Crippen LogP contribution in [0.3, 0.4) is 0 Å². The Hall–Kier alpha value is -1.92. The van der Waals surface area contributed by atoms with Crippen LogP contribution in [0.1, 0.15) is 25.0 Å². The maximum atomic E-state index is 11.6. The minimum Gasteiger partial charge on any atom is -0.356 e. The molecule has 2 N–H and O–H groups in total. The standard InChI is InChI=1S/C10H17N5O2/c1-7-12-9(14-13-7)6-15(3)10(17)4-5-11-8(2)16/h4-6H2,1-3H3,(H,11,16)(H,12,13,14). The lowest BCUT2D eigenvalue weighted by Crippen LogP contribution is -2.31. The van der Waals surface area contributed by atoms with Gasteiger partial charge in [0.1, 0.15) is 5.82 Å². The minimum atomic E-state index is -0.134. The molecule has 7 nitrogen and oxygen atoms in total. The zero-order chi connectivity index (χ0) is 12.8. The number of aromatic amines is 1. The highest BCUT2D eigenvalue weighted by atomic mass is 16.2. The summed E-state index contributed by atoms with van der Waals surface area (Å²) >= 11 is 0. The van der Waals surface area contributed by atoms with Crippen LogP contribution < -0.4 is 5.32 Å². The fraction of sp³-hybridized carbons (Fsp3) is 0.600. The summed E-state index contributed by atoms with van der Waals surface area (Å²) in [7, 11) is 1.68. The van der Waals surface area contributed by atoms with E-state index in [2.05, 4.69) is 20.5 Å². The molecule has 0 aliphatic carbocycles. The highest BCUT2D eigenvalue weighted by Crippen LogP contribution is 1.98. The molecule has 1 heterocycles. The van der Waals surface area contributed by atoms with Crippen LogP contribution in [0, 0.1) is 6.92 Å². The molecular formula is C10H17N5O2. The van der Waals surface area contributed by atoms with Gasteiger partial charge in [-0.3, -0.25) is 14.7 Å². The predicted molar refractivity (Wildman–Crippen MR) is 60.9 cm³/mol. The molecule has 1 rings (SSSR count). The zero-order valence-electron chi connectivity index (χ0n) is 10.3. The topological polar surface area (TPSA) is 91.0 Å². The van der Waals surface area contributed by atoms with Crippen LogP contribution in [0.5, 0.6) is 0 Å². The van der Waals surface area contributed by atoms with E-state index in [9.17, 15) is 9.59 Å². The second-order valence-corrected chi connectivity index (χ2v) is 3.82. The molecule has 2 amide bonds. The van der Waals surface area contributed by atoms with Crippen molar-refractivity contribution < 1.29 is 9.59 Å². The summed E-state index contributed by atoms with van der Waals surface area (Å²) in [6.07, 6.45) is 0.277. The van der Waals surface area contributed by atoms with E-state index in [0.717, 1.165) is 5.82 Å². The summed E-state index contributed by atoms with van der Waals surface area (Å²) in [5.74, 6) is 1.11. The Morgan fingerprint density at radius 1 is 1.47 bits per heavy atom. The van der Waals surface area contributed by atoms with E-state index in [0.29, 0.717) is 18.9 Å². The lowest BCUT2D eigenvalue weighted by Gasteiger charge is -2.15. The van der Waals surface area contributed by atoms with Gasteiger partial charge in [0.15, 0.2) is 5.82 Å². The molecule has 1 aromatic heterocycles. The molecule has 7 heteroatoms. The van der Waals surface area contributed by atoms with Crippen LogP contribution in [0.4, 0.5) is 0 Å². The number of carbonyl (C=O) groups is 2. The van der Waals surface area contributed by atoms with Crippen molar-refractivity contribution in [3.8, 4) is 0 Å². The third-order valence-electron chi connectivity index (χ3n) is 2.16. The molecule has 0 atom stereocenters. The van der Waals surface area contributed by atoms with Gasteiger partial charge in [-0.2, -0.15) is 5.10 Å². The second kappa shape index (κ2) is 5.97. The van der Waals surface area contributed by atoms with Crippen molar-refractivity contribution in [1.29, 1.82) is 0 Å². The lowest BCUT2D eigenvalue weighted by molar-refractivity contribution is -0.130. The number of H-pyrrole nitrogens is 1. The molecule has 0 saturated carbocycles. The van der Waals surface area contributed by atoms with Gasteiger partial charge in [-0.1, -0.05) is 0 Å². The van der Waals surface area contributed by atoms with Crippen molar-refractivity contribution in [3.05, 3.63) is 11.6 Å². The van der Waals surface area contributed by atoms with Gasteiger partial charge >= 0.3 is 0 Å².